The van der Waals surface area contributed by atoms with Gasteiger partial charge in [-0.1, -0.05) is 30.3 Å². The Hall–Kier alpha value is -3.65. The lowest BCUT2D eigenvalue weighted by Crippen LogP contribution is -2.49. The Morgan fingerprint density at radius 3 is 2.40 bits per heavy atom. The first-order chi connectivity index (χ1) is 14.6. The van der Waals surface area contributed by atoms with Crippen molar-refractivity contribution in [1.82, 2.24) is 19.6 Å². The summed E-state index contributed by atoms with van der Waals surface area (Å²) in [5.41, 5.74) is 6.59. The van der Waals surface area contributed by atoms with Crippen LogP contribution in [0.15, 0.2) is 67.0 Å². The van der Waals surface area contributed by atoms with Crippen LogP contribution in [0.1, 0.15) is 15.9 Å². The van der Waals surface area contributed by atoms with Gasteiger partial charge in [0.1, 0.15) is 11.5 Å². The molecule has 1 fully saturated rings. The van der Waals surface area contributed by atoms with Gasteiger partial charge in [0.05, 0.1) is 11.8 Å². The summed E-state index contributed by atoms with van der Waals surface area (Å²) in [6.45, 7) is 3.45. The summed E-state index contributed by atoms with van der Waals surface area (Å²) in [6.07, 6.45) is 2.68. The molecule has 8 heteroatoms. The van der Waals surface area contributed by atoms with E-state index in [1.807, 2.05) is 48.5 Å². The average molecular weight is 405 g/mol. The van der Waals surface area contributed by atoms with Gasteiger partial charge in [-0.15, -0.1) is 0 Å². The van der Waals surface area contributed by atoms with Crippen LogP contribution in [0.5, 0.6) is 11.5 Å². The zero-order chi connectivity index (χ0) is 20.9. The molecule has 0 bridgehead atoms. The van der Waals surface area contributed by atoms with Crippen molar-refractivity contribution in [3.8, 4) is 11.5 Å². The Labute approximate surface area is 174 Å². The predicted octanol–water partition coefficient (Wildman–Crippen LogP) is 2.56. The minimum absolute atomic E-state index is 0.222. The van der Waals surface area contributed by atoms with Crippen LogP contribution in [0, 0.1) is 0 Å². The average Bonchev–Trinajstić information content (AvgIpc) is 3.26. The quantitative estimate of drug-likeness (QED) is 0.704. The first kappa shape index (κ1) is 19.7. The highest BCUT2D eigenvalue weighted by molar-refractivity contribution is 5.93. The second kappa shape index (κ2) is 8.79. The smallest absolute Gasteiger partial charge is 0.344 e. The van der Waals surface area contributed by atoms with Crippen molar-refractivity contribution in [3.05, 3.63) is 78.1 Å². The van der Waals surface area contributed by atoms with E-state index in [0.717, 1.165) is 36.7 Å². The number of carbonyl (C=O) groups is 2. The predicted molar refractivity (Wildman–Crippen MR) is 111 cm³/mol. The second-order valence-corrected chi connectivity index (χ2v) is 7.15. The molecule has 0 spiro atoms. The topological polar surface area (TPSA) is 93.7 Å². The van der Waals surface area contributed by atoms with Gasteiger partial charge in [0, 0.05) is 38.9 Å². The van der Waals surface area contributed by atoms with Gasteiger partial charge in [-0.05, 0) is 29.8 Å². The van der Waals surface area contributed by atoms with E-state index in [1.54, 1.807) is 4.90 Å². The van der Waals surface area contributed by atoms with Gasteiger partial charge in [0.15, 0.2) is 0 Å². The maximum Gasteiger partial charge on any atom is 0.344 e. The normalized spacial score (nSPS) is 14.5. The van der Waals surface area contributed by atoms with Crippen LogP contribution in [0.3, 0.4) is 0 Å². The highest BCUT2D eigenvalue weighted by Crippen LogP contribution is 2.22. The largest absolute Gasteiger partial charge is 0.457 e. The number of ether oxygens (including phenoxy) is 1. The van der Waals surface area contributed by atoms with E-state index in [4.69, 9.17) is 10.5 Å². The van der Waals surface area contributed by atoms with E-state index in [0.29, 0.717) is 13.1 Å². The molecular formula is C22H23N5O3. The first-order valence-corrected chi connectivity index (χ1v) is 9.76. The molecule has 0 unspecified atom stereocenters. The molecule has 154 valence electrons. The van der Waals surface area contributed by atoms with Crippen LogP contribution >= 0.6 is 0 Å². The van der Waals surface area contributed by atoms with E-state index in [9.17, 15) is 9.59 Å². The van der Waals surface area contributed by atoms with Gasteiger partial charge in [-0.3, -0.25) is 9.69 Å². The summed E-state index contributed by atoms with van der Waals surface area (Å²) in [6, 6.07) is 17.5. The van der Waals surface area contributed by atoms with Crippen LogP contribution < -0.4 is 10.5 Å². The molecule has 1 aliphatic rings. The van der Waals surface area contributed by atoms with Gasteiger partial charge in [0.2, 0.25) is 0 Å². The molecule has 1 saturated heterocycles. The van der Waals surface area contributed by atoms with Crippen LogP contribution in [0.4, 0.5) is 4.79 Å². The van der Waals surface area contributed by atoms with E-state index >= 15 is 0 Å². The third kappa shape index (κ3) is 4.66. The van der Waals surface area contributed by atoms with Gasteiger partial charge < -0.3 is 15.4 Å². The van der Waals surface area contributed by atoms with Crippen molar-refractivity contribution in [3.63, 3.8) is 0 Å². The molecule has 2 aromatic carbocycles. The van der Waals surface area contributed by atoms with Crippen molar-refractivity contribution >= 4 is 11.9 Å². The third-order valence-corrected chi connectivity index (χ3v) is 4.99. The summed E-state index contributed by atoms with van der Waals surface area (Å²) < 4.78 is 7.08. The number of rotatable bonds is 5. The van der Waals surface area contributed by atoms with E-state index in [-0.39, 0.29) is 11.6 Å². The molecule has 30 heavy (non-hydrogen) atoms. The number of hydrogen-bond donors (Lipinski definition) is 1. The summed E-state index contributed by atoms with van der Waals surface area (Å²) in [7, 11) is 0. The van der Waals surface area contributed by atoms with Gasteiger partial charge >= 0.3 is 6.03 Å². The van der Waals surface area contributed by atoms with E-state index in [2.05, 4.69) is 16.1 Å². The van der Waals surface area contributed by atoms with Gasteiger partial charge in [-0.2, -0.15) is 9.78 Å². The standard InChI is InChI=1S/C22H23N5O3/c23-21(28)18-14-24-27(16-18)22(29)26-11-9-25(10-12-26)15-17-5-4-8-20(13-17)30-19-6-2-1-3-7-19/h1-8,13-14,16H,9-12,15H2,(H2,23,28). The van der Waals surface area contributed by atoms with Crippen molar-refractivity contribution in [2.75, 3.05) is 26.2 Å². The van der Waals surface area contributed by atoms with Crippen LogP contribution in [0.2, 0.25) is 0 Å². The van der Waals surface area contributed by atoms with Crippen LogP contribution in [-0.4, -0.2) is 57.7 Å². The number of benzene rings is 2. The number of aromatic nitrogens is 2. The molecule has 2 heterocycles. The Balaban J connectivity index is 1.32. The van der Waals surface area contributed by atoms with Gasteiger partial charge in [0.25, 0.3) is 5.91 Å². The molecule has 0 aliphatic carbocycles. The molecule has 1 aliphatic heterocycles. The number of primary amides is 1. The molecule has 8 nitrogen and oxygen atoms in total. The second-order valence-electron chi connectivity index (χ2n) is 7.15. The fraction of sp³-hybridized carbons (Fsp3) is 0.227. The van der Waals surface area contributed by atoms with Crippen molar-refractivity contribution in [2.24, 2.45) is 5.73 Å². The molecule has 2 amide bonds. The molecule has 1 aromatic heterocycles. The van der Waals surface area contributed by atoms with Gasteiger partial charge in [-0.25, -0.2) is 4.79 Å². The number of nitrogens with two attached hydrogens (primary N) is 1. The summed E-state index contributed by atoms with van der Waals surface area (Å²) in [4.78, 5) is 27.8. The zero-order valence-corrected chi connectivity index (χ0v) is 16.5. The van der Waals surface area contributed by atoms with Crippen molar-refractivity contribution < 1.29 is 14.3 Å². The summed E-state index contributed by atoms with van der Waals surface area (Å²) in [5, 5.41) is 3.94. The number of carbonyl (C=O) groups excluding carboxylic acids is 2. The Morgan fingerprint density at radius 1 is 0.967 bits per heavy atom. The third-order valence-electron chi connectivity index (χ3n) is 4.99. The highest BCUT2D eigenvalue weighted by Gasteiger charge is 2.23. The fourth-order valence-corrected chi connectivity index (χ4v) is 3.39. The zero-order valence-electron chi connectivity index (χ0n) is 16.5. The van der Waals surface area contributed by atoms with Crippen LogP contribution in [0.25, 0.3) is 0 Å². The lowest BCUT2D eigenvalue weighted by Gasteiger charge is -2.34. The van der Waals surface area contributed by atoms with Crippen LogP contribution in [-0.2, 0) is 6.54 Å². The van der Waals surface area contributed by atoms with Crippen molar-refractivity contribution in [1.29, 1.82) is 0 Å². The maximum atomic E-state index is 12.6. The fourth-order valence-electron chi connectivity index (χ4n) is 3.39. The van der Waals surface area contributed by atoms with E-state index in [1.165, 1.54) is 17.1 Å². The molecule has 3 aromatic rings. The number of nitrogens with zero attached hydrogens (tertiary/aromatic N) is 4. The Morgan fingerprint density at radius 2 is 1.70 bits per heavy atom. The number of para-hydroxylation sites is 1. The summed E-state index contributed by atoms with van der Waals surface area (Å²) >= 11 is 0. The van der Waals surface area contributed by atoms with Crippen molar-refractivity contribution in [2.45, 2.75) is 6.54 Å². The number of hydrogen-bond acceptors (Lipinski definition) is 5. The molecule has 0 atom stereocenters. The first-order valence-electron chi connectivity index (χ1n) is 9.76. The number of amides is 2. The molecule has 0 saturated carbocycles. The molecule has 2 N–H and O–H groups in total. The SMILES string of the molecule is NC(=O)c1cnn(C(=O)N2CCN(Cc3cccc(Oc4ccccc4)c3)CC2)c1. The monoisotopic (exact) mass is 405 g/mol. The minimum Gasteiger partial charge on any atom is -0.457 e. The molecule has 0 radical (unpaired) electrons. The highest BCUT2D eigenvalue weighted by atomic mass is 16.5. The summed E-state index contributed by atoms with van der Waals surface area (Å²) in [5.74, 6) is 1.01. The Kier molecular flexibility index (Phi) is 5.76. The lowest BCUT2D eigenvalue weighted by molar-refractivity contribution is 0.100. The lowest BCUT2D eigenvalue weighted by atomic mass is 10.2. The molecule has 4 rings (SSSR count). The van der Waals surface area contributed by atoms with E-state index < -0.39 is 5.91 Å². The minimum atomic E-state index is -0.600. The Bertz CT molecular complexity index is 1030. The number of piperazine rings is 1. The maximum absolute atomic E-state index is 12.6. The molecular weight excluding hydrogens is 382 g/mol.